The van der Waals surface area contributed by atoms with Gasteiger partial charge in [0.05, 0.1) is 0 Å². The molecule has 0 saturated heterocycles. The van der Waals surface area contributed by atoms with E-state index in [1.807, 2.05) is 13.8 Å². The van der Waals surface area contributed by atoms with Crippen molar-refractivity contribution < 1.29 is 18.8 Å². The molecule has 0 fully saturated rings. The lowest BCUT2D eigenvalue weighted by Crippen LogP contribution is -2.29. The molecule has 0 aromatic heterocycles. The van der Waals surface area contributed by atoms with E-state index >= 15 is 0 Å². The Balaban J connectivity index is 3.99. The molecule has 0 aliphatic carbocycles. The molecule has 1 unspecified atom stereocenters. The van der Waals surface area contributed by atoms with Crippen molar-refractivity contribution in [1.29, 1.82) is 0 Å². The number of carbonyl (C=O) groups is 1. The third kappa shape index (κ3) is 8.23. The average molecular weight is 291 g/mol. The fourth-order valence-electron chi connectivity index (χ4n) is 2.03. The first-order chi connectivity index (χ1) is 9.06. The molecular weight excluding hydrogens is 262 g/mol. The van der Waals surface area contributed by atoms with Crippen molar-refractivity contribution in [1.82, 2.24) is 4.90 Å². The highest BCUT2D eigenvalue weighted by molar-refractivity contribution is 6.46. The molecule has 0 aliphatic rings. The van der Waals surface area contributed by atoms with Gasteiger partial charge < -0.3 is 18.9 Å². The number of nitrogens with zero attached hydrogens (tertiary/aromatic N) is 1. The molecule has 6 heteroatoms. The molecule has 19 heavy (non-hydrogen) atoms. The summed E-state index contributed by atoms with van der Waals surface area (Å²) in [6.07, 6.45) is 3.22. The quantitative estimate of drug-likeness (QED) is 0.470. The van der Waals surface area contributed by atoms with Crippen LogP contribution >= 0.6 is 0 Å². The molecule has 0 saturated carbocycles. The van der Waals surface area contributed by atoms with Crippen molar-refractivity contribution in [2.24, 2.45) is 0 Å². The van der Waals surface area contributed by atoms with E-state index in [0.29, 0.717) is 12.1 Å². The smallest absolute Gasteiger partial charge is 0.407 e. The first kappa shape index (κ1) is 18.4. The molecule has 1 atom stereocenters. The van der Waals surface area contributed by atoms with Crippen molar-refractivity contribution in [3.05, 3.63) is 0 Å². The standard InChI is InChI=1S/C13H29NO4Si/c1-5-12(19(17-6-2)18-7-3)10-8-9-11-14(4)13(15)16/h12,19H,5-11H2,1-4H3,(H,15,16). The third-order valence-electron chi connectivity index (χ3n) is 3.22. The summed E-state index contributed by atoms with van der Waals surface area (Å²) < 4.78 is 11.5. The number of amides is 1. The van der Waals surface area contributed by atoms with Crippen LogP contribution in [0.25, 0.3) is 0 Å². The van der Waals surface area contributed by atoms with Gasteiger partial charge >= 0.3 is 15.4 Å². The fraction of sp³-hybridized carbons (Fsp3) is 0.923. The van der Waals surface area contributed by atoms with Crippen molar-refractivity contribution in [2.75, 3.05) is 26.8 Å². The van der Waals surface area contributed by atoms with Crippen LogP contribution in [-0.2, 0) is 8.85 Å². The highest BCUT2D eigenvalue weighted by Crippen LogP contribution is 2.24. The van der Waals surface area contributed by atoms with E-state index in [1.165, 1.54) is 4.90 Å². The summed E-state index contributed by atoms with van der Waals surface area (Å²) in [6, 6.07) is 0. The van der Waals surface area contributed by atoms with E-state index in [1.54, 1.807) is 7.05 Å². The predicted octanol–water partition coefficient (Wildman–Crippen LogP) is 2.84. The number of rotatable bonds is 11. The van der Waals surface area contributed by atoms with Gasteiger partial charge in [0.2, 0.25) is 0 Å². The lowest BCUT2D eigenvalue weighted by atomic mass is 10.1. The Morgan fingerprint density at radius 2 is 1.79 bits per heavy atom. The molecule has 0 radical (unpaired) electrons. The second-order valence-corrected chi connectivity index (χ2v) is 6.99. The van der Waals surface area contributed by atoms with Crippen LogP contribution < -0.4 is 0 Å². The van der Waals surface area contributed by atoms with E-state index in [0.717, 1.165) is 38.9 Å². The Hall–Kier alpha value is -0.593. The molecule has 114 valence electrons. The molecule has 1 amide bonds. The van der Waals surface area contributed by atoms with Crippen LogP contribution in [0.15, 0.2) is 0 Å². The molecule has 0 aromatic rings. The van der Waals surface area contributed by atoms with Gasteiger partial charge in [0, 0.05) is 26.8 Å². The third-order valence-corrected chi connectivity index (χ3v) is 6.11. The van der Waals surface area contributed by atoms with Gasteiger partial charge in [-0.05, 0) is 32.2 Å². The van der Waals surface area contributed by atoms with Crippen molar-refractivity contribution in [2.45, 2.75) is 52.0 Å². The van der Waals surface area contributed by atoms with Gasteiger partial charge in [-0.15, -0.1) is 0 Å². The molecule has 0 aliphatic heterocycles. The fourth-order valence-corrected chi connectivity index (χ4v) is 4.22. The maximum absolute atomic E-state index is 10.7. The Morgan fingerprint density at radius 3 is 2.21 bits per heavy atom. The van der Waals surface area contributed by atoms with Crippen LogP contribution in [-0.4, -0.2) is 52.2 Å². The van der Waals surface area contributed by atoms with Crippen LogP contribution in [0.2, 0.25) is 5.54 Å². The molecule has 5 nitrogen and oxygen atoms in total. The first-order valence-corrected chi connectivity index (χ1v) is 8.84. The second kappa shape index (κ2) is 11.3. The number of hydrogen-bond acceptors (Lipinski definition) is 3. The minimum Gasteiger partial charge on any atom is -0.465 e. The average Bonchev–Trinajstić information content (AvgIpc) is 2.38. The van der Waals surface area contributed by atoms with Gasteiger partial charge in [-0.1, -0.05) is 19.8 Å². The van der Waals surface area contributed by atoms with Gasteiger partial charge in [0.15, 0.2) is 0 Å². The summed E-state index contributed by atoms with van der Waals surface area (Å²) in [5, 5.41) is 8.76. The van der Waals surface area contributed by atoms with Crippen LogP contribution in [0.3, 0.4) is 0 Å². The minimum absolute atomic E-state index is 0.523. The largest absolute Gasteiger partial charge is 0.465 e. The van der Waals surface area contributed by atoms with E-state index in [9.17, 15) is 4.79 Å². The Bertz CT molecular complexity index is 235. The Kier molecular flexibility index (Phi) is 10.9. The van der Waals surface area contributed by atoms with Gasteiger partial charge in [0.25, 0.3) is 0 Å². The molecule has 0 bridgehead atoms. The highest BCUT2D eigenvalue weighted by atomic mass is 28.3. The second-order valence-electron chi connectivity index (χ2n) is 4.65. The van der Waals surface area contributed by atoms with Crippen LogP contribution in [0.4, 0.5) is 4.79 Å². The Morgan fingerprint density at radius 1 is 1.21 bits per heavy atom. The molecule has 0 spiro atoms. The van der Waals surface area contributed by atoms with E-state index < -0.39 is 15.4 Å². The van der Waals surface area contributed by atoms with Crippen molar-refractivity contribution in [3.8, 4) is 0 Å². The number of carboxylic acid groups (broad SMARTS) is 1. The summed E-state index contributed by atoms with van der Waals surface area (Å²) in [5.41, 5.74) is 0.523. The number of hydrogen-bond donors (Lipinski definition) is 1. The molecular formula is C13H29NO4Si. The summed E-state index contributed by atoms with van der Waals surface area (Å²) >= 11 is 0. The van der Waals surface area contributed by atoms with Gasteiger partial charge in [-0.2, -0.15) is 0 Å². The topological polar surface area (TPSA) is 59.0 Å². The van der Waals surface area contributed by atoms with E-state index in [-0.39, 0.29) is 0 Å². The monoisotopic (exact) mass is 291 g/mol. The highest BCUT2D eigenvalue weighted by Gasteiger charge is 2.23. The van der Waals surface area contributed by atoms with E-state index in [4.69, 9.17) is 14.0 Å². The SMILES string of the molecule is CCO[SiH](OCC)C(CC)CCCCN(C)C(=O)O. The lowest BCUT2D eigenvalue weighted by Gasteiger charge is -2.24. The molecule has 0 aromatic carbocycles. The van der Waals surface area contributed by atoms with Gasteiger partial charge in [-0.3, -0.25) is 0 Å². The molecule has 1 N–H and O–H groups in total. The lowest BCUT2D eigenvalue weighted by molar-refractivity contribution is 0.155. The van der Waals surface area contributed by atoms with Crippen LogP contribution in [0.5, 0.6) is 0 Å². The van der Waals surface area contributed by atoms with Crippen molar-refractivity contribution in [3.63, 3.8) is 0 Å². The zero-order chi connectivity index (χ0) is 14.7. The van der Waals surface area contributed by atoms with Crippen molar-refractivity contribution >= 4 is 15.4 Å². The predicted molar refractivity (Wildman–Crippen MR) is 78.9 cm³/mol. The molecule has 0 heterocycles. The summed E-state index contributed by atoms with van der Waals surface area (Å²) in [5.74, 6) is 0. The Labute approximate surface area is 118 Å². The maximum Gasteiger partial charge on any atom is 0.407 e. The summed E-state index contributed by atoms with van der Waals surface area (Å²) in [4.78, 5) is 12.0. The summed E-state index contributed by atoms with van der Waals surface area (Å²) in [6.45, 7) is 8.22. The van der Waals surface area contributed by atoms with Gasteiger partial charge in [-0.25, -0.2) is 4.79 Å². The van der Waals surface area contributed by atoms with Crippen LogP contribution in [0.1, 0.15) is 46.5 Å². The van der Waals surface area contributed by atoms with E-state index in [2.05, 4.69) is 6.92 Å². The zero-order valence-corrected chi connectivity index (χ0v) is 13.9. The van der Waals surface area contributed by atoms with Crippen LogP contribution in [0, 0.1) is 0 Å². The number of unbranched alkanes of at least 4 members (excludes halogenated alkanes) is 1. The normalized spacial score (nSPS) is 12.7. The van der Waals surface area contributed by atoms with Gasteiger partial charge in [0.1, 0.15) is 0 Å². The maximum atomic E-state index is 10.7. The summed E-state index contributed by atoms with van der Waals surface area (Å²) in [7, 11) is 0.0430. The molecule has 0 rings (SSSR count). The zero-order valence-electron chi connectivity index (χ0n) is 12.7. The minimum atomic E-state index is -1.57. The first-order valence-electron chi connectivity index (χ1n) is 7.23.